The van der Waals surface area contributed by atoms with Gasteiger partial charge in [-0.2, -0.15) is 0 Å². The Hall–Kier alpha value is -2.51. The molecule has 28 heavy (non-hydrogen) atoms. The highest BCUT2D eigenvalue weighted by Gasteiger charge is 2.26. The molecule has 1 N–H and O–H groups in total. The van der Waals surface area contributed by atoms with Crippen LogP contribution in [-0.2, 0) is 7.05 Å². The lowest BCUT2D eigenvalue weighted by Gasteiger charge is -2.38. The fourth-order valence-corrected chi connectivity index (χ4v) is 3.64. The van der Waals surface area contributed by atoms with Crippen molar-refractivity contribution in [1.29, 1.82) is 0 Å². The fraction of sp³-hybridized carbons (Fsp3) is 0.476. The number of hydrogen-bond donors (Lipinski definition) is 1. The zero-order valence-corrected chi connectivity index (χ0v) is 17.1. The second-order valence-electron chi connectivity index (χ2n) is 7.18. The minimum absolute atomic E-state index is 0.116. The van der Waals surface area contributed by atoms with Crippen molar-refractivity contribution in [3.8, 4) is 11.5 Å². The second kappa shape index (κ2) is 9.12. The number of carbonyl (C=O) groups is 1. The summed E-state index contributed by atoms with van der Waals surface area (Å²) in [5.41, 5.74) is 1.76. The maximum absolute atomic E-state index is 12.8. The number of aryl methyl sites for hydroxylation is 1. The van der Waals surface area contributed by atoms with Crippen molar-refractivity contribution in [1.82, 2.24) is 19.7 Å². The van der Waals surface area contributed by atoms with Crippen LogP contribution in [0.25, 0.3) is 0 Å². The Morgan fingerprint density at radius 2 is 1.79 bits per heavy atom. The standard InChI is InChI=1S/C21H30N4O3/c1-23-10-12-25(13-11-23)18(17-6-5-9-24(17)2)15-22-21(26)16-7-8-19(27-3)20(14-16)28-4/h5-9,14,18H,10-13,15H2,1-4H3,(H,22,26). The van der Waals surface area contributed by atoms with E-state index in [1.165, 1.54) is 5.69 Å². The molecule has 3 rings (SSSR count). The fourth-order valence-electron chi connectivity index (χ4n) is 3.64. The van der Waals surface area contributed by atoms with Gasteiger partial charge in [0.05, 0.1) is 20.3 Å². The van der Waals surface area contributed by atoms with Gasteiger partial charge in [0.15, 0.2) is 11.5 Å². The van der Waals surface area contributed by atoms with E-state index in [1.54, 1.807) is 32.4 Å². The summed E-state index contributed by atoms with van der Waals surface area (Å²) in [7, 11) is 7.35. The number of amides is 1. The van der Waals surface area contributed by atoms with E-state index in [2.05, 4.69) is 52.1 Å². The number of rotatable bonds is 7. The Balaban J connectivity index is 1.73. The molecule has 0 saturated carbocycles. The summed E-state index contributed by atoms with van der Waals surface area (Å²) in [6.45, 7) is 4.58. The molecule has 7 nitrogen and oxygen atoms in total. The zero-order valence-electron chi connectivity index (χ0n) is 17.1. The molecule has 1 unspecified atom stereocenters. The Kier molecular flexibility index (Phi) is 6.59. The van der Waals surface area contributed by atoms with Gasteiger partial charge in [0.25, 0.3) is 5.91 Å². The van der Waals surface area contributed by atoms with E-state index < -0.39 is 0 Å². The van der Waals surface area contributed by atoms with E-state index in [0.29, 0.717) is 23.6 Å². The van der Waals surface area contributed by atoms with Crippen LogP contribution in [0.15, 0.2) is 36.5 Å². The number of benzene rings is 1. The minimum atomic E-state index is -0.116. The normalized spacial score (nSPS) is 16.6. The van der Waals surface area contributed by atoms with Gasteiger partial charge in [-0.05, 0) is 37.4 Å². The van der Waals surface area contributed by atoms with Crippen molar-refractivity contribution in [2.24, 2.45) is 7.05 Å². The third-order valence-corrected chi connectivity index (χ3v) is 5.41. The summed E-state index contributed by atoms with van der Waals surface area (Å²) in [6, 6.07) is 9.53. The van der Waals surface area contributed by atoms with Gasteiger partial charge in [0, 0.05) is 57.2 Å². The lowest BCUT2D eigenvalue weighted by Crippen LogP contribution is -2.48. The Labute approximate surface area is 166 Å². The largest absolute Gasteiger partial charge is 0.493 e. The van der Waals surface area contributed by atoms with Crippen molar-refractivity contribution >= 4 is 5.91 Å². The predicted molar refractivity (Wildman–Crippen MR) is 109 cm³/mol. The van der Waals surface area contributed by atoms with Gasteiger partial charge in [0.1, 0.15) is 0 Å². The van der Waals surface area contributed by atoms with E-state index in [-0.39, 0.29) is 11.9 Å². The number of nitrogens with zero attached hydrogens (tertiary/aromatic N) is 3. The van der Waals surface area contributed by atoms with Gasteiger partial charge in [-0.15, -0.1) is 0 Å². The lowest BCUT2D eigenvalue weighted by atomic mass is 10.1. The number of aromatic nitrogens is 1. The Morgan fingerprint density at radius 3 is 2.39 bits per heavy atom. The van der Waals surface area contributed by atoms with Crippen LogP contribution < -0.4 is 14.8 Å². The van der Waals surface area contributed by atoms with Gasteiger partial charge < -0.3 is 24.3 Å². The number of carbonyl (C=O) groups excluding carboxylic acids is 1. The molecule has 2 aromatic rings. The molecule has 1 fully saturated rings. The van der Waals surface area contributed by atoms with Crippen LogP contribution >= 0.6 is 0 Å². The molecule has 1 amide bonds. The highest BCUT2D eigenvalue weighted by atomic mass is 16.5. The van der Waals surface area contributed by atoms with E-state index in [0.717, 1.165) is 26.2 Å². The maximum atomic E-state index is 12.8. The molecule has 7 heteroatoms. The van der Waals surface area contributed by atoms with Crippen molar-refractivity contribution < 1.29 is 14.3 Å². The average molecular weight is 386 g/mol. The molecule has 1 aromatic carbocycles. The van der Waals surface area contributed by atoms with Crippen LogP contribution in [0.1, 0.15) is 22.1 Å². The lowest BCUT2D eigenvalue weighted by molar-refractivity contribution is 0.0877. The van der Waals surface area contributed by atoms with Crippen LogP contribution in [0, 0.1) is 0 Å². The predicted octanol–water partition coefficient (Wildman–Crippen LogP) is 1.76. The van der Waals surface area contributed by atoms with Crippen LogP contribution in [0.2, 0.25) is 0 Å². The van der Waals surface area contributed by atoms with Crippen molar-refractivity contribution in [2.45, 2.75) is 6.04 Å². The molecular weight excluding hydrogens is 356 g/mol. The van der Waals surface area contributed by atoms with Gasteiger partial charge in [0.2, 0.25) is 0 Å². The first-order chi connectivity index (χ1) is 13.5. The van der Waals surface area contributed by atoms with Crippen molar-refractivity contribution in [3.63, 3.8) is 0 Å². The van der Waals surface area contributed by atoms with Crippen LogP contribution in [0.5, 0.6) is 11.5 Å². The topological polar surface area (TPSA) is 59.0 Å². The molecule has 152 valence electrons. The number of nitrogens with one attached hydrogen (secondary N) is 1. The van der Waals surface area contributed by atoms with Crippen LogP contribution in [-0.4, -0.2) is 74.3 Å². The maximum Gasteiger partial charge on any atom is 0.251 e. The summed E-state index contributed by atoms with van der Waals surface area (Å²) in [4.78, 5) is 17.5. The third kappa shape index (κ3) is 4.48. The van der Waals surface area contributed by atoms with Crippen molar-refractivity contribution in [2.75, 3.05) is 54.0 Å². The molecule has 1 aromatic heterocycles. The highest BCUT2D eigenvalue weighted by Crippen LogP contribution is 2.28. The summed E-state index contributed by atoms with van der Waals surface area (Å²) in [5.74, 6) is 1.04. The average Bonchev–Trinajstić information content (AvgIpc) is 3.14. The summed E-state index contributed by atoms with van der Waals surface area (Å²) >= 11 is 0. The second-order valence-corrected chi connectivity index (χ2v) is 7.18. The first-order valence-electron chi connectivity index (χ1n) is 9.57. The molecule has 2 heterocycles. The smallest absolute Gasteiger partial charge is 0.251 e. The first-order valence-corrected chi connectivity index (χ1v) is 9.57. The first kappa shape index (κ1) is 20.2. The number of ether oxygens (including phenoxy) is 2. The Bertz CT molecular complexity index is 797. The van der Waals surface area contributed by atoms with E-state index in [4.69, 9.17) is 9.47 Å². The highest BCUT2D eigenvalue weighted by molar-refractivity contribution is 5.94. The van der Waals surface area contributed by atoms with Gasteiger partial charge in [-0.3, -0.25) is 9.69 Å². The van der Waals surface area contributed by atoms with Crippen LogP contribution in [0.3, 0.4) is 0 Å². The van der Waals surface area contributed by atoms with Crippen LogP contribution in [0.4, 0.5) is 0 Å². The van der Waals surface area contributed by atoms with Gasteiger partial charge in [-0.25, -0.2) is 0 Å². The quantitative estimate of drug-likeness (QED) is 0.786. The van der Waals surface area contributed by atoms with E-state index in [9.17, 15) is 4.79 Å². The minimum Gasteiger partial charge on any atom is -0.493 e. The molecule has 1 aliphatic rings. The number of likely N-dealkylation sites (N-methyl/N-ethyl adjacent to an activating group) is 1. The van der Waals surface area contributed by atoms with Gasteiger partial charge >= 0.3 is 0 Å². The zero-order chi connectivity index (χ0) is 20.1. The monoisotopic (exact) mass is 386 g/mol. The molecule has 0 aliphatic carbocycles. The summed E-state index contributed by atoms with van der Waals surface area (Å²) < 4.78 is 12.7. The molecule has 1 atom stereocenters. The van der Waals surface area contributed by atoms with Gasteiger partial charge in [-0.1, -0.05) is 0 Å². The van der Waals surface area contributed by atoms with E-state index >= 15 is 0 Å². The molecule has 1 aliphatic heterocycles. The molecule has 0 radical (unpaired) electrons. The van der Waals surface area contributed by atoms with E-state index in [1.807, 2.05) is 0 Å². The van der Waals surface area contributed by atoms with Crippen molar-refractivity contribution in [3.05, 3.63) is 47.8 Å². The SMILES string of the molecule is COc1ccc(C(=O)NCC(c2cccn2C)N2CCN(C)CC2)cc1OC. The molecular formula is C21H30N4O3. The molecule has 1 saturated heterocycles. The molecule has 0 bridgehead atoms. The molecule has 0 spiro atoms. The number of methoxy groups -OCH3 is 2. The number of piperazine rings is 1. The number of hydrogen-bond acceptors (Lipinski definition) is 5. The summed E-state index contributed by atoms with van der Waals surface area (Å²) in [5, 5.41) is 3.11. The Morgan fingerprint density at radius 1 is 1.07 bits per heavy atom. The third-order valence-electron chi connectivity index (χ3n) is 5.41. The summed E-state index contributed by atoms with van der Waals surface area (Å²) in [6.07, 6.45) is 2.05.